The normalized spacial score (nSPS) is 31.4. The molecule has 20 heavy (non-hydrogen) atoms. The fourth-order valence-electron chi connectivity index (χ4n) is 3.67. The summed E-state index contributed by atoms with van der Waals surface area (Å²) >= 11 is 0. The number of aromatic nitrogens is 1. The zero-order valence-electron chi connectivity index (χ0n) is 12.7. The van der Waals surface area contributed by atoms with Crippen LogP contribution in [0.3, 0.4) is 0 Å². The second-order valence-corrected chi connectivity index (χ2v) is 6.70. The number of rotatable bonds is 4. The standard InChI is InChI=1S/C17H26N2O/c1-3-14-7-8-16(18-9-14)11-19-10-13(2)17(20,12-19)15-5-4-6-15/h7-9,13,15,20H,3-6,10-12H2,1-2H3/t13-,17+/m1/s1. The van der Waals surface area contributed by atoms with Gasteiger partial charge in [0.25, 0.3) is 0 Å². The molecule has 2 fully saturated rings. The number of aliphatic hydroxyl groups is 1. The van der Waals surface area contributed by atoms with E-state index in [1.165, 1.54) is 24.8 Å². The molecule has 1 aliphatic carbocycles. The summed E-state index contributed by atoms with van der Waals surface area (Å²) in [5.41, 5.74) is 1.95. The molecular weight excluding hydrogens is 248 g/mol. The quantitative estimate of drug-likeness (QED) is 0.917. The van der Waals surface area contributed by atoms with Crippen LogP contribution in [0, 0.1) is 11.8 Å². The summed E-state index contributed by atoms with van der Waals surface area (Å²) in [5.74, 6) is 0.903. The summed E-state index contributed by atoms with van der Waals surface area (Å²) in [7, 11) is 0. The van der Waals surface area contributed by atoms with Crippen molar-refractivity contribution in [1.82, 2.24) is 9.88 Å². The van der Waals surface area contributed by atoms with Gasteiger partial charge < -0.3 is 5.11 Å². The number of hydrogen-bond acceptors (Lipinski definition) is 3. The molecule has 1 aromatic rings. The average molecular weight is 274 g/mol. The third kappa shape index (κ3) is 2.49. The van der Waals surface area contributed by atoms with Gasteiger partial charge in [0, 0.05) is 25.8 Å². The van der Waals surface area contributed by atoms with E-state index in [2.05, 4.69) is 35.9 Å². The summed E-state index contributed by atoms with van der Waals surface area (Å²) in [6.07, 6.45) is 6.72. The van der Waals surface area contributed by atoms with Crippen LogP contribution in [-0.4, -0.2) is 33.7 Å². The fourth-order valence-corrected chi connectivity index (χ4v) is 3.67. The Bertz CT molecular complexity index is 455. The third-order valence-corrected chi connectivity index (χ3v) is 5.35. The Morgan fingerprint density at radius 3 is 2.75 bits per heavy atom. The molecule has 0 amide bonds. The van der Waals surface area contributed by atoms with Crippen molar-refractivity contribution < 1.29 is 5.11 Å². The maximum atomic E-state index is 10.9. The molecule has 1 N–H and O–H groups in total. The number of likely N-dealkylation sites (tertiary alicyclic amines) is 1. The van der Waals surface area contributed by atoms with Crippen LogP contribution in [0.25, 0.3) is 0 Å². The van der Waals surface area contributed by atoms with Crippen molar-refractivity contribution in [3.63, 3.8) is 0 Å². The lowest BCUT2D eigenvalue weighted by molar-refractivity contribution is -0.0673. The van der Waals surface area contributed by atoms with Gasteiger partial charge in [0.05, 0.1) is 11.3 Å². The predicted molar refractivity (Wildman–Crippen MR) is 80.3 cm³/mol. The van der Waals surface area contributed by atoms with Gasteiger partial charge in [0.15, 0.2) is 0 Å². The Balaban J connectivity index is 1.64. The molecule has 1 aliphatic heterocycles. The Kier molecular flexibility index (Phi) is 3.83. The van der Waals surface area contributed by atoms with Crippen molar-refractivity contribution in [2.75, 3.05) is 13.1 Å². The Morgan fingerprint density at radius 1 is 1.40 bits per heavy atom. The Hall–Kier alpha value is -0.930. The van der Waals surface area contributed by atoms with Crippen LogP contribution >= 0.6 is 0 Å². The van der Waals surface area contributed by atoms with Crippen LogP contribution in [0.1, 0.15) is 44.4 Å². The molecule has 1 saturated carbocycles. The molecule has 0 bridgehead atoms. The van der Waals surface area contributed by atoms with E-state index >= 15 is 0 Å². The maximum Gasteiger partial charge on any atom is 0.0839 e. The number of nitrogens with zero attached hydrogens (tertiary/aromatic N) is 2. The molecule has 1 saturated heterocycles. The molecule has 1 aromatic heterocycles. The van der Waals surface area contributed by atoms with Crippen LogP contribution in [0.15, 0.2) is 18.3 Å². The Labute approximate surface area is 122 Å². The highest BCUT2D eigenvalue weighted by atomic mass is 16.3. The van der Waals surface area contributed by atoms with Crippen molar-refractivity contribution >= 4 is 0 Å². The van der Waals surface area contributed by atoms with Crippen molar-refractivity contribution in [2.24, 2.45) is 11.8 Å². The second-order valence-electron chi connectivity index (χ2n) is 6.70. The topological polar surface area (TPSA) is 36.4 Å². The number of hydrogen-bond donors (Lipinski definition) is 1. The fraction of sp³-hybridized carbons (Fsp3) is 0.706. The first kappa shape index (κ1) is 14.0. The highest BCUT2D eigenvalue weighted by Crippen LogP contribution is 2.44. The first-order valence-corrected chi connectivity index (χ1v) is 8.00. The first-order chi connectivity index (χ1) is 9.61. The molecule has 2 atom stereocenters. The van der Waals surface area contributed by atoms with Gasteiger partial charge in [-0.1, -0.05) is 26.3 Å². The molecular formula is C17H26N2O. The van der Waals surface area contributed by atoms with E-state index in [1.54, 1.807) is 0 Å². The number of β-amino-alcohol motifs (C(OH)–C–C–N with tert-alkyl or cyclic N) is 1. The SMILES string of the molecule is CCc1ccc(CN2C[C@@H](C)[C@](O)(C3CCC3)C2)nc1. The van der Waals surface area contributed by atoms with Gasteiger partial charge in [-0.05, 0) is 42.7 Å². The van der Waals surface area contributed by atoms with Gasteiger partial charge in [-0.15, -0.1) is 0 Å². The van der Waals surface area contributed by atoms with Crippen molar-refractivity contribution in [1.29, 1.82) is 0 Å². The molecule has 0 unspecified atom stereocenters. The van der Waals surface area contributed by atoms with Crippen LogP contribution < -0.4 is 0 Å². The zero-order chi connectivity index (χ0) is 14.2. The lowest BCUT2D eigenvalue weighted by Gasteiger charge is -2.41. The lowest BCUT2D eigenvalue weighted by Crippen LogP contribution is -2.47. The molecule has 3 heteroatoms. The van der Waals surface area contributed by atoms with E-state index in [0.29, 0.717) is 11.8 Å². The highest BCUT2D eigenvalue weighted by Gasteiger charge is 2.49. The minimum Gasteiger partial charge on any atom is -0.388 e. The van der Waals surface area contributed by atoms with Gasteiger partial charge >= 0.3 is 0 Å². The minimum absolute atomic E-state index is 0.378. The van der Waals surface area contributed by atoms with Crippen LogP contribution in [-0.2, 0) is 13.0 Å². The van der Waals surface area contributed by atoms with Gasteiger partial charge in [0.1, 0.15) is 0 Å². The minimum atomic E-state index is -0.457. The molecule has 0 spiro atoms. The van der Waals surface area contributed by atoms with Crippen LogP contribution in [0.4, 0.5) is 0 Å². The first-order valence-electron chi connectivity index (χ1n) is 8.00. The third-order valence-electron chi connectivity index (χ3n) is 5.35. The largest absolute Gasteiger partial charge is 0.388 e. The molecule has 0 radical (unpaired) electrons. The van der Waals surface area contributed by atoms with Crippen molar-refractivity contribution in [2.45, 2.75) is 51.7 Å². The maximum absolute atomic E-state index is 10.9. The van der Waals surface area contributed by atoms with Crippen LogP contribution in [0.2, 0.25) is 0 Å². The molecule has 2 aliphatic rings. The second kappa shape index (κ2) is 5.45. The van der Waals surface area contributed by atoms with Crippen molar-refractivity contribution in [3.05, 3.63) is 29.6 Å². The van der Waals surface area contributed by atoms with E-state index in [9.17, 15) is 5.11 Å². The Morgan fingerprint density at radius 2 is 2.20 bits per heavy atom. The number of pyridine rings is 1. The molecule has 0 aromatic carbocycles. The van der Waals surface area contributed by atoms with Gasteiger partial charge in [-0.25, -0.2) is 0 Å². The van der Waals surface area contributed by atoms with E-state index in [1.807, 2.05) is 6.20 Å². The summed E-state index contributed by atoms with van der Waals surface area (Å²) in [6.45, 7) is 7.02. The predicted octanol–water partition coefficient (Wildman–Crippen LogP) is 2.63. The molecule has 110 valence electrons. The molecule has 3 nitrogen and oxygen atoms in total. The van der Waals surface area contributed by atoms with E-state index in [4.69, 9.17) is 0 Å². The van der Waals surface area contributed by atoms with Gasteiger partial charge in [-0.3, -0.25) is 9.88 Å². The van der Waals surface area contributed by atoms with Gasteiger partial charge in [-0.2, -0.15) is 0 Å². The zero-order valence-corrected chi connectivity index (χ0v) is 12.7. The lowest BCUT2D eigenvalue weighted by atomic mass is 9.69. The summed E-state index contributed by atoms with van der Waals surface area (Å²) in [5, 5.41) is 10.9. The van der Waals surface area contributed by atoms with E-state index < -0.39 is 5.60 Å². The van der Waals surface area contributed by atoms with E-state index in [0.717, 1.165) is 31.7 Å². The number of aryl methyl sites for hydroxylation is 1. The summed E-state index contributed by atoms with van der Waals surface area (Å²) in [6, 6.07) is 4.30. The summed E-state index contributed by atoms with van der Waals surface area (Å²) < 4.78 is 0. The highest BCUT2D eigenvalue weighted by molar-refractivity contribution is 5.14. The average Bonchev–Trinajstić information content (AvgIpc) is 2.63. The molecule has 3 rings (SSSR count). The molecule has 2 heterocycles. The monoisotopic (exact) mass is 274 g/mol. The van der Waals surface area contributed by atoms with E-state index in [-0.39, 0.29) is 0 Å². The van der Waals surface area contributed by atoms with Crippen molar-refractivity contribution in [3.8, 4) is 0 Å². The van der Waals surface area contributed by atoms with Gasteiger partial charge in [0.2, 0.25) is 0 Å². The smallest absolute Gasteiger partial charge is 0.0839 e. The van der Waals surface area contributed by atoms with Crippen LogP contribution in [0.5, 0.6) is 0 Å². The summed E-state index contributed by atoms with van der Waals surface area (Å²) in [4.78, 5) is 6.91.